The lowest BCUT2D eigenvalue weighted by molar-refractivity contribution is -0.117. The maximum absolute atomic E-state index is 12.3. The van der Waals surface area contributed by atoms with Gasteiger partial charge in [0.15, 0.2) is 0 Å². The van der Waals surface area contributed by atoms with Gasteiger partial charge in [-0.3, -0.25) is 9.59 Å². The van der Waals surface area contributed by atoms with E-state index < -0.39 is 5.91 Å². The predicted molar refractivity (Wildman–Crippen MR) is 73.3 cm³/mol. The summed E-state index contributed by atoms with van der Waals surface area (Å²) < 4.78 is 0. The summed E-state index contributed by atoms with van der Waals surface area (Å²) in [6.07, 6.45) is 4.24. The molecule has 6 nitrogen and oxygen atoms in total. The van der Waals surface area contributed by atoms with E-state index in [1.165, 1.54) is 0 Å². The molecule has 0 bridgehead atoms. The van der Waals surface area contributed by atoms with Gasteiger partial charge >= 0.3 is 0 Å². The number of hydrogen-bond donors (Lipinski definition) is 2. The zero-order valence-electron chi connectivity index (χ0n) is 10.8. The molecule has 3 N–H and O–H groups in total. The number of aromatic amines is 1. The topological polar surface area (TPSA) is 92.1 Å². The monoisotopic (exact) mass is 270 g/mol. The van der Waals surface area contributed by atoms with E-state index in [1.54, 1.807) is 29.6 Å². The van der Waals surface area contributed by atoms with Crippen LogP contribution in [0.3, 0.4) is 0 Å². The van der Waals surface area contributed by atoms with Crippen LogP contribution in [0, 0.1) is 0 Å². The minimum absolute atomic E-state index is 0.0189. The molecule has 0 saturated carbocycles. The Morgan fingerprint density at radius 1 is 1.40 bits per heavy atom. The number of fused-ring (bicyclic) bond motifs is 1. The van der Waals surface area contributed by atoms with E-state index in [2.05, 4.69) is 9.97 Å². The Morgan fingerprint density at radius 2 is 2.25 bits per heavy atom. The molecule has 102 valence electrons. The van der Waals surface area contributed by atoms with Crippen LogP contribution < -0.4 is 10.6 Å². The highest BCUT2D eigenvalue weighted by Crippen LogP contribution is 2.29. The van der Waals surface area contributed by atoms with Crippen molar-refractivity contribution in [1.82, 2.24) is 9.97 Å². The highest BCUT2D eigenvalue weighted by Gasteiger charge is 2.25. The Kier molecular flexibility index (Phi) is 2.98. The second-order valence-corrected chi connectivity index (χ2v) is 4.76. The molecular weight excluding hydrogens is 256 g/mol. The summed E-state index contributed by atoms with van der Waals surface area (Å²) in [6.45, 7) is 0.629. The number of hydrogen-bond acceptors (Lipinski definition) is 3. The summed E-state index contributed by atoms with van der Waals surface area (Å²) in [6, 6.07) is 5.25. The molecule has 3 rings (SSSR count). The van der Waals surface area contributed by atoms with Gasteiger partial charge in [0.05, 0.1) is 12.7 Å². The third kappa shape index (κ3) is 2.16. The third-order valence-corrected chi connectivity index (χ3v) is 3.46. The van der Waals surface area contributed by atoms with Gasteiger partial charge < -0.3 is 15.6 Å². The number of primary amides is 1. The average Bonchev–Trinajstić information content (AvgIpc) is 3.06. The molecule has 6 heteroatoms. The zero-order valence-corrected chi connectivity index (χ0v) is 10.8. The highest BCUT2D eigenvalue weighted by atomic mass is 16.2. The van der Waals surface area contributed by atoms with Gasteiger partial charge in [0.25, 0.3) is 0 Å². The van der Waals surface area contributed by atoms with Crippen LogP contribution in [-0.2, 0) is 17.6 Å². The Balaban J connectivity index is 1.86. The van der Waals surface area contributed by atoms with Crippen molar-refractivity contribution in [2.75, 3.05) is 11.4 Å². The first kappa shape index (κ1) is 12.4. The van der Waals surface area contributed by atoms with Crippen molar-refractivity contribution < 1.29 is 9.59 Å². The van der Waals surface area contributed by atoms with Crippen LogP contribution in [0.2, 0.25) is 0 Å². The summed E-state index contributed by atoms with van der Waals surface area (Å²) >= 11 is 0. The number of nitrogens with one attached hydrogen (secondary N) is 1. The number of aromatic nitrogens is 2. The maximum atomic E-state index is 12.3. The van der Waals surface area contributed by atoms with Crippen molar-refractivity contribution in [2.24, 2.45) is 5.73 Å². The molecule has 0 spiro atoms. The number of benzene rings is 1. The van der Waals surface area contributed by atoms with Crippen molar-refractivity contribution in [2.45, 2.75) is 12.8 Å². The second-order valence-electron chi connectivity index (χ2n) is 4.76. The second kappa shape index (κ2) is 4.80. The molecule has 20 heavy (non-hydrogen) atoms. The molecule has 0 fully saturated rings. The molecule has 1 aromatic carbocycles. The standard InChI is InChI=1S/C14H14N4O2/c15-14(20)10-2-1-9-3-4-18(12(9)5-10)13(19)6-11-7-16-8-17-11/h1-2,5,7-8H,3-4,6H2,(H2,15,20)(H,16,17). The summed E-state index contributed by atoms with van der Waals surface area (Å²) in [7, 11) is 0. The molecule has 1 aliphatic heterocycles. The normalized spacial score (nSPS) is 13.3. The first-order valence-corrected chi connectivity index (χ1v) is 6.35. The Hall–Kier alpha value is -2.63. The average molecular weight is 270 g/mol. The molecule has 2 amide bonds. The van der Waals surface area contributed by atoms with E-state index in [1.807, 2.05) is 6.07 Å². The third-order valence-electron chi connectivity index (χ3n) is 3.46. The molecule has 0 unspecified atom stereocenters. The van der Waals surface area contributed by atoms with Crippen LogP contribution >= 0.6 is 0 Å². The number of carbonyl (C=O) groups excluding carboxylic acids is 2. The number of anilines is 1. The molecular formula is C14H14N4O2. The highest BCUT2D eigenvalue weighted by molar-refractivity contribution is 5.99. The van der Waals surface area contributed by atoms with Crippen molar-refractivity contribution >= 4 is 17.5 Å². The summed E-state index contributed by atoms with van der Waals surface area (Å²) in [5.41, 5.74) is 8.32. The molecule has 1 aliphatic rings. The van der Waals surface area contributed by atoms with Gasteiger partial charge in [-0.2, -0.15) is 0 Å². The Morgan fingerprint density at radius 3 is 2.95 bits per heavy atom. The number of nitrogens with two attached hydrogens (primary N) is 1. The van der Waals surface area contributed by atoms with E-state index in [9.17, 15) is 9.59 Å². The van der Waals surface area contributed by atoms with Gasteiger partial charge in [0.1, 0.15) is 0 Å². The van der Waals surface area contributed by atoms with Gasteiger partial charge in [-0.15, -0.1) is 0 Å². The smallest absolute Gasteiger partial charge is 0.248 e. The number of imidazole rings is 1. The van der Waals surface area contributed by atoms with Gasteiger partial charge in [-0.1, -0.05) is 6.07 Å². The van der Waals surface area contributed by atoms with Gasteiger partial charge in [0.2, 0.25) is 11.8 Å². The van der Waals surface area contributed by atoms with Crippen molar-refractivity contribution in [3.63, 3.8) is 0 Å². The van der Waals surface area contributed by atoms with E-state index in [-0.39, 0.29) is 12.3 Å². The lowest BCUT2D eigenvalue weighted by Gasteiger charge is -2.17. The molecule has 0 saturated heterocycles. The summed E-state index contributed by atoms with van der Waals surface area (Å²) in [4.78, 5) is 32.1. The fraction of sp³-hybridized carbons (Fsp3) is 0.214. The molecule has 2 heterocycles. The zero-order chi connectivity index (χ0) is 14.1. The Labute approximate surface area is 115 Å². The van der Waals surface area contributed by atoms with E-state index in [0.29, 0.717) is 12.1 Å². The number of rotatable bonds is 3. The van der Waals surface area contributed by atoms with Crippen LogP contribution in [0.4, 0.5) is 5.69 Å². The number of nitrogens with zero attached hydrogens (tertiary/aromatic N) is 2. The lowest BCUT2D eigenvalue weighted by Crippen LogP contribution is -2.30. The molecule has 2 aromatic rings. The minimum Gasteiger partial charge on any atom is -0.366 e. The fourth-order valence-electron chi connectivity index (χ4n) is 2.43. The molecule has 0 radical (unpaired) electrons. The van der Waals surface area contributed by atoms with Gasteiger partial charge in [-0.25, -0.2) is 4.98 Å². The quantitative estimate of drug-likeness (QED) is 0.857. The number of carbonyl (C=O) groups is 2. The number of amides is 2. The molecule has 1 aromatic heterocycles. The van der Waals surface area contributed by atoms with Crippen molar-refractivity contribution in [1.29, 1.82) is 0 Å². The first-order valence-electron chi connectivity index (χ1n) is 6.35. The van der Waals surface area contributed by atoms with Crippen LogP contribution in [-0.4, -0.2) is 28.3 Å². The predicted octanol–water partition coefficient (Wildman–Crippen LogP) is 0.640. The van der Waals surface area contributed by atoms with E-state index >= 15 is 0 Å². The fourth-order valence-corrected chi connectivity index (χ4v) is 2.43. The largest absolute Gasteiger partial charge is 0.366 e. The first-order chi connectivity index (χ1) is 9.65. The number of H-pyrrole nitrogens is 1. The SMILES string of the molecule is NC(=O)c1ccc2c(c1)N(C(=O)Cc1cnc[nH]1)CC2. The van der Waals surface area contributed by atoms with Crippen LogP contribution in [0.15, 0.2) is 30.7 Å². The van der Waals surface area contributed by atoms with Gasteiger partial charge in [-0.05, 0) is 24.1 Å². The van der Waals surface area contributed by atoms with Crippen LogP contribution in [0.1, 0.15) is 21.6 Å². The molecule has 0 atom stereocenters. The van der Waals surface area contributed by atoms with Crippen molar-refractivity contribution in [3.05, 3.63) is 47.5 Å². The van der Waals surface area contributed by atoms with E-state index in [0.717, 1.165) is 23.4 Å². The van der Waals surface area contributed by atoms with Crippen LogP contribution in [0.25, 0.3) is 0 Å². The van der Waals surface area contributed by atoms with Crippen molar-refractivity contribution in [3.8, 4) is 0 Å². The Bertz CT molecular complexity index is 664. The van der Waals surface area contributed by atoms with Crippen LogP contribution in [0.5, 0.6) is 0 Å². The summed E-state index contributed by atoms with van der Waals surface area (Å²) in [5.74, 6) is -0.504. The summed E-state index contributed by atoms with van der Waals surface area (Å²) in [5, 5.41) is 0. The van der Waals surface area contributed by atoms with Gasteiger partial charge in [0, 0.05) is 29.7 Å². The van der Waals surface area contributed by atoms with E-state index in [4.69, 9.17) is 5.73 Å². The maximum Gasteiger partial charge on any atom is 0.248 e. The molecule has 0 aliphatic carbocycles. The minimum atomic E-state index is -0.485. The lowest BCUT2D eigenvalue weighted by atomic mass is 10.1.